The summed E-state index contributed by atoms with van der Waals surface area (Å²) in [5.74, 6) is 0.779. The van der Waals surface area contributed by atoms with Gasteiger partial charge >= 0.3 is 0 Å². The number of aryl methyl sites for hydroxylation is 1. The highest BCUT2D eigenvalue weighted by Gasteiger charge is 2.06. The standard InChI is InChI=1S/C10H11NO3/c1-7-3-10(14-2)8(4-9(7)13)5-11-6-12/h3-4,13H,5H2,1-2H3. The Labute approximate surface area is 81.9 Å². The van der Waals surface area contributed by atoms with Crippen molar-refractivity contribution in [1.82, 2.24) is 0 Å². The lowest BCUT2D eigenvalue weighted by Crippen LogP contribution is -1.92. The SMILES string of the molecule is COc1cc(C)c(O)cc1CN=C=O. The number of isocyanates is 1. The minimum absolute atomic E-state index is 0.167. The molecule has 0 bridgehead atoms. The van der Waals surface area contributed by atoms with Crippen molar-refractivity contribution in [3.63, 3.8) is 0 Å². The molecule has 0 unspecified atom stereocenters. The fourth-order valence-electron chi connectivity index (χ4n) is 1.14. The van der Waals surface area contributed by atoms with Crippen LogP contribution >= 0.6 is 0 Å². The van der Waals surface area contributed by atoms with Gasteiger partial charge in [0.05, 0.1) is 13.7 Å². The highest BCUT2D eigenvalue weighted by Crippen LogP contribution is 2.27. The van der Waals surface area contributed by atoms with E-state index in [-0.39, 0.29) is 12.3 Å². The number of methoxy groups -OCH3 is 1. The number of ether oxygens (including phenoxy) is 1. The van der Waals surface area contributed by atoms with Gasteiger partial charge in [0.2, 0.25) is 6.08 Å². The average Bonchev–Trinajstić information content (AvgIpc) is 2.19. The maximum absolute atomic E-state index is 9.93. The molecule has 0 aliphatic carbocycles. The molecule has 14 heavy (non-hydrogen) atoms. The first-order chi connectivity index (χ1) is 6.69. The first-order valence-corrected chi connectivity index (χ1v) is 4.09. The maximum atomic E-state index is 9.93. The van der Waals surface area contributed by atoms with Gasteiger partial charge in [0.15, 0.2) is 0 Å². The summed E-state index contributed by atoms with van der Waals surface area (Å²) in [7, 11) is 1.53. The van der Waals surface area contributed by atoms with E-state index in [1.807, 2.05) is 0 Å². The summed E-state index contributed by atoms with van der Waals surface area (Å²) < 4.78 is 5.08. The summed E-state index contributed by atoms with van der Waals surface area (Å²) in [4.78, 5) is 13.4. The number of hydrogen-bond acceptors (Lipinski definition) is 4. The maximum Gasteiger partial charge on any atom is 0.235 e. The van der Waals surface area contributed by atoms with Crippen molar-refractivity contribution in [2.75, 3.05) is 7.11 Å². The van der Waals surface area contributed by atoms with Crippen LogP contribution in [-0.4, -0.2) is 18.3 Å². The van der Waals surface area contributed by atoms with Crippen LogP contribution in [0.3, 0.4) is 0 Å². The fourth-order valence-corrected chi connectivity index (χ4v) is 1.14. The Hall–Kier alpha value is -1.80. The van der Waals surface area contributed by atoms with Gasteiger partial charge in [-0.25, -0.2) is 9.79 Å². The zero-order valence-corrected chi connectivity index (χ0v) is 8.07. The normalized spacial score (nSPS) is 9.29. The molecular formula is C10H11NO3. The van der Waals surface area contributed by atoms with E-state index in [0.29, 0.717) is 11.3 Å². The lowest BCUT2D eigenvalue weighted by molar-refractivity contribution is 0.406. The van der Waals surface area contributed by atoms with Crippen LogP contribution < -0.4 is 4.74 Å². The van der Waals surface area contributed by atoms with Gasteiger partial charge in [-0.3, -0.25) is 0 Å². The third-order valence-electron chi connectivity index (χ3n) is 1.91. The van der Waals surface area contributed by atoms with E-state index in [1.54, 1.807) is 13.0 Å². The number of nitrogens with zero attached hydrogens (tertiary/aromatic N) is 1. The van der Waals surface area contributed by atoms with Gasteiger partial charge in [-0.2, -0.15) is 0 Å². The van der Waals surface area contributed by atoms with Crippen molar-refractivity contribution in [3.05, 3.63) is 23.3 Å². The molecule has 0 saturated carbocycles. The Morgan fingerprint density at radius 2 is 2.29 bits per heavy atom. The van der Waals surface area contributed by atoms with Crippen molar-refractivity contribution in [1.29, 1.82) is 0 Å². The molecule has 0 fully saturated rings. The van der Waals surface area contributed by atoms with Crippen LogP contribution in [0.5, 0.6) is 11.5 Å². The van der Waals surface area contributed by atoms with Crippen LogP contribution in [0.25, 0.3) is 0 Å². The smallest absolute Gasteiger partial charge is 0.235 e. The molecule has 0 aromatic heterocycles. The molecular weight excluding hydrogens is 182 g/mol. The largest absolute Gasteiger partial charge is 0.508 e. The summed E-state index contributed by atoms with van der Waals surface area (Å²) >= 11 is 0. The molecule has 0 aliphatic heterocycles. The second-order valence-corrected chi connectivity index (χ2v) is 2.86. The van der Waals surface area contributed by atoms with Crippen molar-refractivity contribution >= 4 is 6.08 Å². The Balaban J connectivity index is 3.12. The number of carbonyl (C=O) groups excluding carboxylic acids is 1. The van der Waals surface area contributed by atoms with Gasteiger partial charge in [-0.15, -0.1) is 0 Å². The minimum Gasteiger partial charge on any atom is -0.508 e. The first-order valence-electron chi connectivity index (χ1n) is 4.09. The van der Waals surface area contributed by atoms with E-state index in [0.717, 1.165) is 5.56 Å². The third-order valence-corrected chi connectivity index (χ3v) is 1.91. The lowest BCUT2D eigenvalue weighted by Gasteiger charge is -2.08. The highest BCUT2D eigenvalue weighted by atomic mass is 16.5. The Morgan fingerprint density at radius 3 is 2.86 bits per heavy atom. The fraction of sp³-hybridized carbons (Fsp3) is 0.300. The van der Waals surface area contributed by atoms with Crippen LogP contribution in [0.15, 0.2) is 17.1 Å². The van der Waals surface area contributed by atoms with Crippen molar-refractivity contribution in [2.45, 2.75) is 13.5 Å². The molecule has 0 radical (unpaired) electrons. The van der Waals surface area contributed by atoms with Gasteiger partial charge in [-0.1, -0.05) is 0 Å². The van der Waals surface area contributed by atoms with E-state index in [4.69, 9.17) is 4.74 Å². The number of benzene rings is 1. The molecule has 74 valence electrons. The van der Waals surface area contributed by atoms with Crippen LogP contribution in [0.2, 0.25) is 0 Å². The number of aliphatic imine (C=N–C) groups is 1. The molecule has 4 heteroatoms. The number of aromatic hydroxyl groups is 1. The molecule has 4 nitrogen and oxygen atoms in total. The van der Waals surface area contributed by atoms with E-state index in [2.05, 4.69) is 4.99 Å². The Kier molecular flexibility index (Phi) is 3.26. The monoisotopic (exact) mass is 193 g/mol. The molecule has 0 amide bonds. The van der Waals surface area contributed by atoms with Crippen LogP contribution in [0.1, 0.15) is 11.1 Å². The molecule has 1 rings (SSSR count). The molecule has 0 aliphatic rings. The van der Waals surface area contributed by atoms with Crippen molar-refractivity contribution in [3.8, 4) is 11.5 Å². The molecule has 0 atom stereocenters. The van der Waals surface area contributed by atoms with Gasteiger partial charge < -0.3 is 9.84 Å². The molecule has 1 N–H and O–H groups in total. The quantitative estimate of drug-likeness (QED) is 0.585. The van der Waals surface area contributed by atoms with Crippen molar-refractivity contribution in [2.24, 2.45) is 4.99 Å². The topological polar surface area (TPSA) is 58.9 Å². The van der Waals surface area contributed by atoms with Crippen molar-refractivity contribution < 1.29 is 14.6 Å². The van der Waals surface area contributed by atoms with E-state index < -0.39 is 0 Å². The summed E-state index contributed by atoms with van der Waals surface area (Å²) in [6.45, 7) is 1.94. The van der Waals surface area contributed by atoms with E-state index in [1.165, 1.54) is 19.3 Å². The van der Waals surface area contributed by atoms with Gasteiger partial charge in [-0.05, 0) is 24.6 Å². The van der Waals surface area contributed by atoms with Crippen LogP contribution in [0.4, 0.5) is 0 Å². The second kappa shape index (κ2) is 4.44. The van der Waals surface area contributed by atoms with Gasteiger partial charge in [0, 0.05) is 5.56 Å². The average molecular weight is 193 g/mol. The lowest BCUT2D eigenvalue weighted by atomic mass is 10.1. The molecule has 0 saturated heterocycles. The summed E-state index contributed by atoms with van der Waals surface area (Å²) in [6, 6.07) is 3.24. The number of hydrogen-bond donors (Lipinski definition) is 1. The third kappa shape index (κ3) is 2.12. The summed E-state index contributed by atoms with van der Waals surface area (Å²) in [5, 5.41) is 9.42. The minimum atomic E-state index is 0.167. The van der Waals surface area contributed by atoms with Crippen LogP contribution in [0, 0.1) is 6.92 Å². The van der Waals surface area contributed by atoms with Gasteiger partial charge in [0.1, 0.15) is 11.5 Å². The zero-order valence-electron chi connectivity index (χ0n) is 8.07. The second-order valence-electron chi connectivity index (χ2n) is 2.86. The summed E-state index contributed by atoms with van der Waals surface area (Å²) in [6.07, 6.45) is 1.44. The van der Waals surface area contributed by atoms with Gasteiger partial charge in [0.25, 0.3) is 0 Å². The molecule has 0 heterocycles. The predicted octanol–water partition coefficient (Wildman–Crippen LogP) is 1.55. The zero-order chi connectivity index (χ0) is 10.6. The number of phenols is 1. The molecule has 0 spiro atoms. The number of phenolic OH excluding ortho intramolecular Hbond substituents is 1. The van der Waals surface area contributed by atoms with E-state index in [9.17, 15) is 9.90 Å². The number of rotatable bonds is 3. The molecule has 1 aromatic rings. The molecule has 1 aromatic carbocycles. The Bertz CT molecular complexity index is 381. The predicted molar refractivity (Wildman–Crippen MR) is 51.2 cm³/mol. The van der Waals surface area contributed by atoms with Crippen LogP contribution in [-0.2, 0) is 11.3 Å². The Morgan fingerprint density at radius 1 is 1.57 bits per heavy atom. The highest BCUT2D eigenvalue weighted by molar-refractivity contribution is 5.46. The first kappa shape index (κ1) is 10.3. The summed E-state index contributed by atoms with van der Waals surface area (Å²) in [5.41, 5.74) is 1.39. The van der Waals surface area contributed by atoms with E-state index >= 15 is 0 Å².